The number of para-hydroxylation sites is 1. The number of hydrogen-bond donors (Lipinski definition) is 0. The number of piperazine rings is 1. The average Bonchev–Trinajstić information content (AvgIpc) is 3.09. The van der Waals surface area contributed by atoms with Crippen molar-refractivity contribution in [3.8, 4) is 0 Å². The molecule has 2 fully saturated rings. The maximum Gasteiger partial charge on any atom is 0.254 e. The standard InChI is InChI=1S/C21H21F2N3O2/c1-24-12-19(27)26(18-5-3-2-4-6-18)14-21(24)7-8-25(13-21)20(28)15-9-16(22)11-17(23)10-15/h2-6,9-11H,7-8,12-14H2,1H3. The van der Waals surface area contributed by atoms with Crippen molar-refractivity contribution in [1.82, 2.24) is 9.80 Å². The molecule has 2 heterocycles. The molecule has 0 bridgehead atoms. The van der Waals surface area contributed by atoms with Crippen LogP contribution in [0.2, 0.25) is 0 Å². The molecule has 2 aliphatic rings. The highest BCUT2D eigenvalue weighted by molar-refractivity contribution is 5.97. The number of rotatable bonds is 2. The highest BCUT2D eigenvalue weighted by atomic mass is 19.1. The number of anilines is 1. The zero-order chi connectivity index (χ0) is 19.9. The summed E-state index contributed by atoms with van der Waals surface area (Å²) in [5.74, 6) is -1.93. The zero-order valence-corrected chi connectivity index (χ0v) is 15.6. The molecular weight excluding hydrogens is 364 g/mol. The molecule has 5 nitrogen and oxygen atoms in total. The Morgan fingerprint density at radius 3 is 2.39 bits per heavy atom. The molecule has 1 spiro atoms. The van der Waals surface area contributed by atoms with Crippen LogP contribution >= 0.6 is 0 Å². The predicted molar refractivity (Wildman–Crippen MR) is 101 cm³/mol. The van der Waals surface area contributed by atoms with Gasteiger partial charge in [0.25, 0.3) is 5.91 Å². The molecular formula is C21H21F2N3O2. The minimum Gasteiger partial charge on any atom is -0.337 e. The number of carbonyl (C=O) groups excluding carboxylic acids is 2. The van der Waals surface area contributed by atoms with Crippen molar-refractivity contribution in [2.75, 3.05) is 38.1 Å². The van der Waals surface area contributed by atoms with Gasteiger partial charge in [-0.1, -0.05) is 18.2 Å². The summed E-state index contributed by atoms with van der Waals surface area (Å²) in [7, 11) is 1.88. The fraction of sp³-hybridized carbons (Fsp3) is 0.333. The van der Waals surface area contributed by atoms with Crippen molar-refractivity contribution >= 4 is 17.5 Å². The van der Waals surface area contributed by atoms with Crippen LogP contribution in [0.5, 0.6) is 0 Å². The fourth-order valence-electron chi connectivity index (χ4n) is 4.13. The van der Waals surface area contributed by atoms with Gasteiger partial charge in [-0.2, -0.15) is 0 Å². The van der Waals surface area contributed by atoms with Gasteiger partial charge in [-0.05, 0) is 37.7 Å². The third-order valence-electron chi connectivity index (χ3n) is 5.73. The molecule has 2 amide bonds. The molecule has 2 aromatic rings. The van der Waals surface area contributed by atoms with E-state index in [1.165, 1.54) is 0 Å². The molecule has 0 saturated carbocycles. The lowest BCUT2D eigenvalue weighted by Crippen LogP contribution is -2.64. The van der Waals surface area contributed by atoms with Crippen molar-refractivity contribution in [2.45, 2.75) is 12.0 Å². The minimum atomic E-state index is -0.770. The van der Waals surface area contributed by atoms with Crippen molar-refractivity contribution in [2.24, 2.45) is 0 Å². The SMILES string of the molecule is CN1CC(=O)N(c2ccccc2)CC12CCN(C(=O)c1cc(F)cc(F)c1)C2. The number of likely N-dealkylation sites (tertiary alicyclic amines) is 1. The molecule has 4 rings (SSSR count). The first-order valence-electron chi connectivity index (χ1n) is 9.20. The molecule has 0 radical (unpaired) electrons. The number of halogens is 2. The summed E-state index contributed by atoms with van der Waals surface area (Å²) in [6.07, 6.45) is 0.684. The number of likely N-dealkylation sites (N-methyl/N-ethyl adjacent to an activating group) is 1. The third-order valence-corrected chi connectivity index (χ3v) is 5.73. The van der Waals surface area contributed by atoms with E-state index in [-0.39, 0.29) is 23.6 Å². The first kappa shape index (κ1) is 18.6. The van der Waals surface area contributed by atoms with Gasteiger partial charge in [0, 0.05) is 37.0 Å². The predicted octanol–water partition coefficient (Wildman–Crippen LogP) is 2.53. The summed E-state index contributed by atoms with van der Waals surface area (Å²) < 4.78 is 27.0. The first-order valence-corrected chi connectivity index (χ1v) is 9.20. The second-order valence-corrected chi connectivity index (χ2v) is 7.53. The van der Waals surface area contributed by atoms with Gasteiger partial charge in [0.1, 0.15) is 11.6 Å². The van der Waals surface area contributed by atoms with Crippen LogP contribution < -0.4 is 4.90 Å². The van der Waals surface area contributed by atoms with Gasteiger partial charge in [0.15, 0.2) is 0 Å². The highest BCUT2D eigenvalue weighted by Crippen LogP contribution is 2.34. The van der Waals surface area contributed by atoms with Crippen molar-refractivity contribution < 1.29 is 18.4 Å². The number of carbonyl (C=O) groups is 2. The second-order valence-electron chi connectivity index (χ2n) is 7.53. The monoisotopic (exact) mass is 385 g/mol. The van der Waals surface area contributed by atoms with E-state index < -0.39 is 17.5 Å². The molecule has 146 valence electrons. The van der Waals surface area contributed by atoms with E-state index in [0.29, 0.717) is 26.1 Å². The Hall–Kier alpha value is -2.80. The van der Waals surface area contributed by atoms with Gasteiger partial charge in [-0.25, -0.2) is 8.78 Å². The zero-order valence-electron chi connectivity index (χ0n) is 15.6. The Labute approximate surface area is 162 Å². The lowest BCUT2D eigenvalue weighted by Gasteiger charge is -2.46. The van der Waals surface area contributed by atoms with E-state index in [1.54, 1.807) is 9.80 Å². The normalized spacial score (nSPS) is 22.9. The molecule has 1 atom stereocenters. The molecule has 2 aliphatic heterocycles. The second kappa shape index (κ2) is 6.98. The van der Waals surface area contributed by atoms with Crippen LogP contribution in [-0.2, 0) is 4.79 Å². The van der Waals surface area contributed by atoms with Crippen LogP contribution in [-0.4, -0.2) is 60.4 Å². The van der Waals surface area contributed by atoms with Crippen LogP contribution in [0, 0.1) is 11.6 Å². The fourth-order valence-corrected chi connectivity index (χ4v) is 4.13. The van der Waals surface area contributed by atoms with Gasteiger partial charge in [-0.3, -0.25) is 14.5 Å². The molecule has 2 aromatic carbocycles. The van der Waals surface area contributed by atoms with E-state index in [2.05, 4.69) is 0 Å². The quantitative estimate of drug-likeness (QED) is 0.798. The van der Waals surface area contributed by atoms with E-state index in [0.717, 1.165) is 23.9 Å². The Kier molecular flexibility index (Phi) is 4.63. The molecule has 2 saturated heterocycles. The van der Waals surface area contributed by atoms with Gasteiger partial charge in [0.05, 0.1) is 12.1 Å². The summed E-state index contributed by atoms with van der Waals surface area (Å²) in [5.41, 5.74) is 0.451. The molecule has 0 N–H and O–H groups in total. The molecule has 0 aromatic heterocycles. The molecule has 7 heteroatoms. The lowest BCUT2D eigenvalue weighted by atomic mass is 9.92. The molecule has 28 heavy (non-hydrogen) atoms. The van der Waals surface area contributed by atoms with Crippen molar-refractivity contribution in [3.05, 3.63) is 65.7 Å². The van der Waals surface area contributed by atoms with Gasteiger partial charge < -0.3 is 9.80 Å². The summed E-state index contributed by atoms with van der Waals surface area (Å²) in [6.45, 7) is 1.59. The van der Waals surface area contributed by atoms with E-state index >= 15 is 0 Å². The van der Waals surface area contributed by atoms with Gasteiger partial charge in [0.2, 0.25) is 5.91 Å². The Morgan fingerprint density at radius 1 is 1.04 bits per heavy atom. The van der Waals surface area contributed by atoms with E-state index in [9.17, 15) is 18.4 Å². The number of amides is 2. The Balaban J connectivity index is 1.57. The summed E-state index contributed by atoms with van der Waals surface area (Å²) in [4.78, 5) is 30.7. The van der Waals surface area contributed by atoms with Crippen LogP contribution in [0.3, 0.4) is 0 Å². The van der Waals surface area contributed by atoms with Crippen LogP contribution in [0.4, 0.5) is 14.5 Å². The smallest absolute Gasteiger partial charge is 0.254 e. The number of benzene rings is 2. The minimum absolute atomic E-state index is 0.00371. The third kappa shape index (κ3) is 3.26. The van der Waals surface area contributed by atoms with Gasteiger partial charge >= 0.3 is 0 Å². The largest absolute Gasteiger partial charge is 0.337 e. The lowest BCUT2D eigenvalue weighted by molar-refractivity contribution is -0.123. The Morgan fingerprint density at radius 2 is 1.71 bits per heavy atom. The van der Waals surface area contributed by atoms with Crippen molar-refractivity contribution in [1.29, 1.82) is 0 Å². The van der Waals surface area contributed by atoms with Crippen molar-refractivity contribution in [3.63, 3.8) is 0 Å². The van der Waals surface area contributed by atoms with Gasteiger partial charge in [-0.15, -0.1) is 0 Å². The maximum atomic E-state index is 13.5. The summed E-state index contributed by atoms with van der Waals surface area (Å²) in [5, 5.41) is 0. The van der Waals surface area contributed by atoms with E-state index in [1.807, 2.05) is 42.3 Å². The molecule has 0 aliphatic carbocycles. The maximum absolute atomic E-state index is 13.5. The highest BCUT2D eigenvalue weighted by Gasteiger charge is 2.48. The van der Waals surface area contributed by atoms with Crippen LogP contribution in [0.15, 0.2) is 48.5 Å². The number of nitrogens with zero attached hydrogens (tertiary/aromatic N) is 3. The summed E-state index contributed by atoms with van der Waals surface area (Å²) >= 11 is 0. The first-order chi connectivity index (χ1) is 13.4. The topological polar surface area (TPSA) is 43.9 Å². The number of hydrogen-bond acceptors (Lipinski definition) is 3. The van der Waals surface area contributed by atoms with Crippen LogP contribution in [0.25, 0.3) is 0 Å². The molecule has 1 unspecified atom stereocenters. The van der Waals surface area contributed by atoms with Crippen LogP contribution in [0.1, 0.15) is 16.8 Å². The Bertz CT molecular complexity index is 901. The van der Waals surface area contributed by atoms with E-state index in [4.69, 9.17) is 0 Å². The average molecular weight is 385 g/mol. The summed E-state index contributed by atoms with van der Waals surface area (Å²) in [6, 6.07) is 12.3.